The molecule has 0 aliphatic rings. The lowest BCUT2D eigenvalue weighted by atomic mass is 9.99. The summed E-state index contributed by atoms with van der Waals surface area (Å²) in [7, 11) is 0. The fraction of sp³-hybridized carbons (Fsp3) is 0.200. The van der Waals surface area contributed by atoms with Gasteiger partial charge in [0.2, 0.25) is 0 Å². The Balaban J connectivity index is 2.46. The first kappa shape index (κ1) is 14.5. The number of aryl methyl sites for hydroxylation is 2. The van der Waals surface area contributed by atoms with Gasteiger partial charge in [0.05, 0.1) is 5.38 Å². The van der Waals surface area contributed by atoms with Gasteiger partial charge in [0.15, 0.2) is 0 Å². The summed E-state index contributed by atoms with van der Waals surface area (Å²) in [5.41, 5.74) is 2.47. The van der Waals surface area contributed by atoms with Gasteiger partial charge in [-0.25, -0.2) is 8.78 Å². The van der Waals surface area contributed by atoms with Crippen LogP contribution in [-0.2, 0) is 0 Å². The lowest BCUT2D eigenvalue weighted by molar-refractivity contribution is 0.608. The molecule has 0 saturated carbocycles. The first-order chi connectivity index (χ1) is 8.88. The third kappa shape index (κ3) is 3.15. The summed E-state index contributed by atoms with van der Waals surface area (Å²) in [6.07, 6.45) is 0. The Hall–Kier alpha value is -0.930. The van der Waals surface area contributed by atoms with Crippen molar-refractivity contribution >= 4 is 27.5 Å². The highest BCUT2D eigenvalue weighted by molar-refractivity contribution is 9.10. The van der Waals surface area contributed by atoms with Crippen molar-refractivity contribution in [1.29, 1.82) is 0 Å². The molecule has 2 aromatic carbocycles. The molecular weight excluding hydrogens is 334 g/mol. The van der Waals surface area contributed by atoms with Gasteiger partial charge in [-0.15, -0.1) is 11.6 Å². The summed E-state index contributed by atoms with van der Waals surface area (Å²) >= 11 is 9.60. The lowest BCUT2D eigenvalue weighted by Gasteiger charge is -2.13. The van der Waals surface area contributed by atoms with E-state index in [4.69, 9.17) is 11.6 Å². The second-order valence-electron chi connectivity index (χ2n) is 4.53. The van der Waals surface area contributed by atoms with Crippen LogP contribution in [0.5, 0.6) is 0 Å². The quantitative estimate of drug-likeness (QED) is 0.615. The van der Waals surface area contributed by atoms with E-state index in [1.54, 1.807) is 32.0 Å². The molecule has 0 aliphatic heterocycles. The minimum atomic E-state index is -0.509. The predicted octanol–water partition coefficient (Wildman–Crippen LogP) is 5.67. The highest BCUT2D eigenvalue weighted by Crippen LogP contribution is 2.32. The van der Waals surface area contributed by atoms with E-state index in [9.17, 15) is 8.78 Å². The average molecular weight is 346 g/mol. The van der Waals surface area contributed by atoms with Crippen LogP contribution in [0.1, 0.15) is 27.6 Å². The van der Waals surface area contributed by atoms with Crippen LogP contribution in [0.25, 0.3) is 0 Å². The number of hydrogen-bond acceptors (Lipinski definition) is 0. The van der Waals surface area contributed by atoms with Gasteiger partial charge in [-0.05, 0) is 54.3 Å². The molecule has 0 bridgehead atoms. The van der Waals surface area contributed by atoms with Crippen LogP contribution in [0.3, 0.4) is 0 Å². The first-order valence-corrected chi connectivity index (χ1v) is 6.98. The van der Waals surface area contributed by atoms with Gasteiger partial charge in [0.1, 0.15) is 11.6 Å². The zero-order chi connectivity index (χ0) is 14.2. The Morgan fingerprint density at radius 3 is 2.00 bits per heavy atom. The molecule has 0 nitrogen and oxygen atoms in total. The molecule has 1 unspecified atom stereocenters. The topological polar surface area (TPSA) is 0 Å². The standard InChI is InChI=1S/C15H12BrClF2/c1-8-3-10(4-9(2)15(8)19)14(17)11-5-12(16)7-13(18)6-11/h3-7,14H,1-2H3. The molecule has 0 aromatic heterocycles. The Morgan fingerprint density at radius 2 is 1.47 bits per heavy atom. The number of rotatable bonds is 2. The molecule has 0 spiro atoms. The molecule has 0 amide bonds. The van der Waals surface area contributed by atoms with Crippen molar-refractivity contribution in [3.8, 4) is 0 Å². The summed E-state index contributed by atoms with van der Waals surface area (Å²) < 4.78 is 27.6. The van der Waals surface area contributed by atoms with Gasteiger partial charge in [0, 0.05) is 4.47 Å². The second-order valence-corrected chi connectivity index (χ2v) is 5.89. The van der Waals surface area contributed by atoms with E-state index >= 15 is 0 Å². The Labute approximate surface area is 124 Å². The maximum Gasteiger partial charge on any atom is 0.129 e. The van der Waals surface area contributed by atoms with Crippen LogP contribution in [0.15, 0.2) is 34.8 Å². The molecule has 2 aromatic rings. The molecule has 0 radical (unpaired) electrons. The minimum absolute atomic E-state index is 0.229. The lowest BCUT2D eigenvalue weighted by Crippen LogP contribution is -1.98. The maximum atomic E-state index is 13.6. The fourth-order valence-corrected chi connectivity index (χ4v) is 2.77. The van der Waals surface area contributed by atoms with Crippen molar-refractivity contribution in [2.45, 2.75) is 19.2 Å². The van der Waals surface area contributed by atoms with Gasteiger partial charge in [-0.2, -0.15) is 0 Å². The molecule has 4 heteroatoms. The van der Waals surface area contributed by atoms with Crippen molar-refractivity contribution in [3.05, 3.63) is 68.7 Å². The van der Waals surface area contributed by atoms with Crippen LogP contribution >= 0.6 is 27.5 Å². The zero-order valence-corrected chi connectivity index (χ0v) is 12.8. The summed E-state index contributed by atoms with van der Waals surface area (Å²) in [6.45, 7) is 3.38. The summed E-state index contributed by atoms with van der Waals surface area (Å²) in [5, 5.41) is -0.509. The van der Waals surface area contributed by atoms with Crippen molar-refractivity contribution in [2.75, 3.05) is 0 Å². The van der Waals surface area contributed by atoms with Gasteiger partial charge in [0.25, 0.3) is 0 Å². The number of benzene rings is 2. The van der Waals surface area contributed by atoms with E-state index in [1.807, 2.05) is 0 Å². The molecular formula is C15H12BrClF2. The smallest absolute Gasteiger partial charge is 0.129 e. The zero-order valence-electron chi connectivity index (χ0n) is 10.5. The predicted molar refractivity (Wildman–Crippen MR) is 77.7 cm³/mol. The molecule has 0 heterocycles. The highest BCUT2D eigenvalue weighted by atomic mass is 79.9. The van der Waals surface area contributed by atoms with Crippen LogP contribution in [-0.4, -0.2) is 0 Å². The van der Waals surface area contributed by atoms with Crippen LogP contribution in [0.2, 0.25) is 0 Å². The largest absolute Gasteiger partial charge is 0.207 e. The van der Waals surface area contributed by atoms with Crippen LogP contribution in [0.4, 0.5) is 8.78 Å². The fourth-order valence-electron chi connectivity index (χ4n) is 2.04. The average Bonchev–Trinajstić information content (AvgIpc) is 2.33. The number of halogens is 4. The normalized spacial score (nSPS) is 12.5. The highest BCUT2D eigenvalue weighted by Gasteiger charge is 2.15. The molecule has 0 fully saturated rings. The van der Waals surface area contributed by atoms with Gasteiger partial charge < -0.3 is 0 Å². The molecule has 19 heavy (non-hydrogen) atoms. The van der Waals surface area contributed by atoms with Gasteiger partial charge >= 0.3 is 0 Å². The molecule has 0 saturated heterocycles. The van der Waals surface area contributed by atoms with Crippen molar-refractivity contribution in [2.24, 2.45) is 0 Å². The van der Waals surface area contributed by atoms with E-state index in [2.05, 4.69) is 15.9 Å². The van der Waals surface area contributed by atoms with Crippen LogP contribution in [0, 0.1) is 25.5 Å². The molecule has 0 N–H and O–H groups in total. The Bertz CT molecular complexity index is 582. The van der Waals surface area contributed by atoms with Crippen molar-refractivity contribution < 1.29 is 8.78 Å². The van der Waals surface area contributed by atoms with E-state index < -0.39 is 5.38 Å². The monoisotopic (exact) mass is 344 g/mol. The maximum absolute atomic E-state index is 13.6. The molecule has 100 valence electrons. The molecule has 1 atom stereocenters. The van der Waals surface area contributed by atoms with Crippen LogP contribution < -0.4 is 0 Å². The Kier molecular flexibility index (Phi) is 4.26. The summed E-state index contributed by atoms with van der Waals surface area (Å²) in [6, 6.07) is 7.90. The third-order valence-corrected chi connectivity index (χ3v) is 3.89. The van der Waals surface area contributed by atoms with E-state index in [0.29, 0.717) is 21.2 Å². The number of hydrogen-bond donors (Lipinski definition) is 0. The first-order valence-electron chi connectivity index (χ1n) is 5.75. The summed E-state index contributed by atoms with van der Waals surface area (Å²) in [5.74, 6) is -0.585. The van der Waals surface area contributed by atoms with E-state index in [0.717, 1.165) is 5.56 Å². The van der Waals surface area contributed by atoms with Crippen molar-refractivity contribution in [1.82, 2.24) is 0 Å². The van der Waals surface area contributed by atoms with Gasteiger partial charge in [-0.1, -0.05) is 28.1 Å². The van der Waals surface area contributed by atoms with Gasteiger partial charge in [-0.3, -0.25) is 0 Å². The summed E-state index contributed by atoms with van der Waals surface area (Å²) in [4.78, 5) is 0. The molecule has 0 aliphatic carbocycles. The third-order valence-electron chi connectivity index (χ3n) is 2.93. The molecule has 2 rings (SSSR count). The Morgan fingerprint density at radius 1 is 0.947 bits per heavy atom. The SMILES string of the molecule is Cc1cc(C(Cl)c2cc(F)cc(Br)c2)cc(C)c1F. The number of alkyl halides is 1. The van der Waals surface area contributed by atoms with E-state index in [1.165, 1.54) is 12.1 Å². The van der Waals surface area contributed by atoms with Crippen molar-refractivity contribution in [3.63, 3.8) is 0 Å². The minimum Gasteiger partial charge on any atom is -0.207 e. The van der Waals surface area contributed by atoms with E-state index in [-0.39, 0.29) is 11.6 Å². The second kappa shape index (κ2) is 5.59.